The minimum absolute atomic E-state index is 0.0280. The van der Waals surface area contributed by atoms with Gasteiger partial charge in [-0.2, -0.15) is 0 Å². The Morgan fingerprint density at radius 2 is 1.93 bits per heavy atom. The molecule has 0 unspecified atom stereocenters. The fourth-order valence-corrected chi connectivity index (χ4v) is 3.45. The topological polar surface area (TPSA) is 58.6 Å². The van der Waals surface area contributed by atoms with Crippen molar-refractivity contribution in [2.24, 2.45) is 5.92 Å². The van der Waals surface area contributed by atoms with Crippen LogP contribution in [-0.2, 0) is 16.0 Å². The number of carbonyl (C=O) groups is 2. The number of benzene rings is 2. The molecule has 2 aromatic rings. The van der Waals surface area contributed by atoms with Crippen molar-refractivity contribution in [2.45, 2.75) is 33.6 Å². The van der Waals surface area contributed by atoms with E-state index < -0.39 is 0 Å². The van der Waals surface area contributed by atoms with E-state index in [0.717, 1.165) is 34.7 Å². The number of carbonyl (C=O) groups excluding carboxylic acids is 2. The van der Waals surface area contributed by atoms with Crippen LogP contribution in [0.5, 0.6) is 5.75 Å². The van der Waals surface area contributed by atoms with Gasteiger partial charge in [-0.25, -0.2) is 0 Å². The van der Waals surface area contributed by atoms with E-state index in [0.29, 0.717) is 13.2 Å². The van der Waals surface area contributed by atoms with E-state index in [4.69, 9.17) is 4.74 Å². The molecular formula is C22H26N2O3. The molecule has 5 heteroatoms. The number of nitrogens with zero attached hydrogens (tertiary/aromatic N) is 1. The smallest absolute Gasteiger partial charge is 0.229 e. The largest absolute Gasteiger partial charge is 0.494 e. The highest BCUT2D eigenvalue weighted by molar-refractivity contribution is 6.04. The van der Waals surface area contributed by atoms with Crippen LogP contribution < -0.4 is 15.0 Å². The van der Waals surface area contributed by atoms with E-state index in [-0.39, 0.29) is 24.2 Å². The molecule has 0 radical (unpaired) electrons. The third-order valence-electron chi connectivity index (χ3n) is 4.94. The first-order valence-corrected chi connectivity index (χ1v) is 9.46. The lowest BCUT2D eigenvalue weighted by Crippen LogP contribution is -2.28. The first kappa shape index (κ1) is 19.0. The summed E-state index contributed by atoms with van der Waals surface area (Å²) in [5, 5.41) is 3.05. The van der Waals surface area contributed by atoms with E-state index in [1.165, 1.54) is 0 Å². The van der Waals surface area contributed by atoms with E-state index in [1.54, 1.807) is 4.90 Å². The molecule has 1 saturated heterocycles. The molecule has 5 nitrogen and oxygen atoms in total. The average molecular weight is 366 g/mol. The molecule has 0 aliphatic carbocycles. The zero-order valence-corrected chi connectivity index (χ0v) is 16.1. The fraction of sp³-hybridized carbons (Fsp3) is 0.364. The van der Waals surface area contributed by atoms with E-state index in [2.05, 4.69) is 12.2 Å². The minimum Gasteiger partial charge on any atom is -0.494 e. The van der Waals surface area contributed by atoms with Gasteiger partial charge >= 0.3 is 0 Å². The Hall–Kier alpha value is -2.82. The molecule has 0 spiro atoms. The van der Waals surface area contributed by atoms with Gasteiger partial charge in [0, 0.05) is 24.3 Å². The fourth-order valence-electron chi connectivity index (χ4n) is 3.45. The second-order valence-corrected chi connectivity index (χ2v) is 6.78. The summed E-state index contributed by atoms with van der Waals surface area (Å²) in [5.41, 5.74) is 3.81. The number of ether oxygens (including phenoxy) is 1. The van der Waals surface area contributed by atoms with Crippen LogP contribution in [0.4, 0.5) is 11.4 Å². The third kappa shape index (κ3) is 4.13. The van der Waals surface area contributed by atoms with Gasteiger partial charge in [0.2, 0.25) is 11.8 Å². The van der Waals surface area contributed by atoms with Gasteiger partial charge in [-0.05, 0) is 55.7 Å². The van der Waals surface area contributed by atoms with Crippen LogP contribution in [0.3, 0.4) is 0 Å². The molecule has 27 heavy (non-hydrogen) atoms. The zero-order chi connectivity index (χ0) is 19.4. The average Bonchev–Trinajstić information content (AvgIpc) is 3.06. The Morgan fingerprint density at radius 3 is 2.59 bits per heavy atom. The summed E-state index contributed by atoms with van der Waals surface area (Å²) in [6.07, 6.45) is 1.07. The predicted molar refractivity (Wildman–Crippen MR) is 107 cm³/mol. The molecule has 0 bridgehead atoms. The number of para-hydroxylation sites is 1. The van der Waals surface area contributed by atoms with Crippen molar-refractivity contribution in [3.63, 3.8) is 0 Å². The Kier molecular flexibility index (Phi) is 5.79. The summed E-state index contributed by atoms with van der Waals surface area (Å²) < 4.78 is 5.44. The molecule has 1 N–H and O–H groups in total. The van der Waals surface area contributed by atoms with Gasteiger partial charge in [0.15, 0.2) is 0 Å². The highest BCUT2D eigenvalue weighted by Crippen LogP contribution is 2.29. The molecule has 2 aromatic carbocycles. The zero-order valence-electron chi connectivity index (χ0n) is 16.1. The Morgan fingerprint density at radius 1 is 1.19 bits per heavy atom. The Balaban J connectivity index is 1.71. The minimum atomic E-state index is -0.353. The number of hydrogen-bond acceptors (Lipinski definition) is 3. The van der Waals surface area contributed by atoms with Gasteiger partial charge in [0.05, 0.1) is 12.5 Å². The number of anilines is 2. The van der Waals surface area contributed by atoms with Crippen LogP contribution in [-0.4, -0.2) is 25.0 Å². The lowest BCUT2D eigenvalue weighted by Gasteiger charge is -2.18. The molecular weight excluding hydrogens is 340 g/mol. The van der Waals surface area contributed by atoms with E-state index in [1.807, 2.05) is 56.3 Å². The maximum atomic E-state index is 12.8. The molecule has 1 atom stereocenters. The summed E-state index contributed by atoms with van der Waals surface area (Å²) in [4.78, 5) is 26.9. The quantitative estimate of drug-likeness (QED) is 0.842. The van der Waals surface area contributed by atoms with E-state index in [9.17, 15) is 9.59 Å². The van der Waals surface area contributed by atoms with Crippen LogP contribution in [0.2, 0.25) is 0 Å². The highest BCUT2D eigenvalue weighted by atomic mass is 16.5. The molecule has 3 rings (SSSR count). The predicted octanol–water partition coefficient (Wildman–Crippen LogP) is 3.95. The van der Waals surface area contributed by atoms with Crippen molar-refractivity contribution in [3.05, 3.63) is 53.6 Å². The summed E-state index contributed by atoms with van der Waals surface area (Å²) in [5.74, 6) is 0.294. The monoisotopic (exact) mass is 366 g/mol. The van der Waals surface area contributed by atoms with Gasteiger partial charge < -0.3 is 15.0 Å². The SMILES string of the molecule is CCOc1ccc(N2C[C@H](C(=O)Nc3c(C)cccc3CC)CC2=O)cc1. The highest BCUT2D eigenvalue weighted by Gasteiger charge is 2.35. The number of rotatable bonds is 6. The molecule has 0 saturated carbocycles. The number of nitrogens with one attached hydrogen (secondary N) is 1. The van der Waals surface area contributed by atoms with Crippen molar-refractivity contribution in [1.82, 2.24) is 0 Å². The van der Waals surface area contributed by atoms with Crippen molar-refractivity contribution < 1.29 is 14.3 Å². The van der Waals surface area contributed by atoms with Crippen molar-refractivity contribution >= 4 is 23.2 Å². The van der Waals surface area contributed by atoms with Crippen LogP contribution >= 0.6 is 0 Å². The van der Waals surface area contributed by atoms with Gasteiger partial charge in [0.25, 0.3) is 0 Å². The van der Waals surface area contributed by atoms with Crippen molar-refractivity contribution in [1.29, 1.82) is 0 Å². The van der Waals surface area contributed by atoms with E-state index >= 15 is 0 Å². The summed E-state index contributed by atoms with van der Waals surface area (Å²) in [6, 6.07) is 13.4. The maximum Gasteiger partial charge on any atom is 0.229 e. The maximum absolute atomic E-state index is 12.8. The normalized spacial score (nSPS) is 16.5. The molecule has 1 aliphatic heterocycles. The molecule has 1 heterocycles. The van der Waals surface area contributed by atoms with Crippen molar-refractivity contribution in [2.75, 3.05) is 23.4 Å². The second-order valence-electron chi connectivity index (χ2n) is 6.78. The van der Waals surface area contributed by atoms with Crippen molar-refractivity contribution in [3.8, 4) is 5.75 Å². The standard InChI is InChI=1S/C22H26N2O3/c1-4-16-8-6-7-15(3)21(16)23-22(26)17-13-20(25)24(14-17)18-9-11-19(12-10-18)27-5-2/h6-12,17H,4-5,13-14H2,1-3H3,(H,23,26)/t17-/m1/s1. The number of amides is 2. The third-order valence-corrected chi connectivity index (χ3v) is 4.94. The second kappa shape index (κ2) is 8.25. The summed E-state index contributed by atoms with van der Waals surface area (Å²) >= 11 is 0. The van der Waals surface area contributed by atoms with Gasteiger partial charge in [-0.1, -0.05) is 25.1 Å². The summed E-state index contributed by atoms with van der Waals surface area (Å²) in [6.45, 7) is 6.98. The molecule has 142 valence electrons. The van der Waals surface area contributed by atoms with Gasteiger partial charge in [-0.3, -0.25) is 9.59 Å². The first-order valence-electron chi connectivity index (χ1n) is 9.46. The lowest BCUT2D eigenvalue weighted by molar-refractivity contribution is -0.122. The lowest BCUT2D eigenvalue weighted by atomic mass is 10.0. The van der Waals surface area contributed by atoms with Gasteiger partial charge in [0.1, 0.15) is 5.75 Å². The molecule has 2 amide bonds. The van der Waals surface area contributed by atoms with Crippen LogP contribution in [0.15, 0.2) is 42.5 Å². The van der Waals surface area contributed by atoms with Crippen LogP contribution in [0.25, 0.3) is 0 Å². The number of hydrogen-bond donors (Lipinski definition) is 1. The van der Waals surface area contributed by atoms with Crippen LogP contribution in [0.1, 0.15) is 31.4 Å². The molecule has 1 fully saturated rings. The van der Waals surface area contributed by atoms with Gasteiger partial charge in [-0.15, -0.1) is 0 Å². The summed E-state index contributed by atoms with van der Waals surface area (Å²) in [7, 11) is 0. The first-order chi connectivity index (χ1) is 13.0. The molecule has 0 aromatic heterocycles. The molecule has 1 aliphatic rings. The van der Waals surface area contributed by atoms with Crippen LogP contribution in [0, 0.1) is 12.8 Å². The number of aryl methyl sites for hydroxylation is 2. The Labute approximate surface area is 160 Å². The Bertz CT molecular complexity index is 830.